The van der Waals surface area contributed by atoms with Crippen LogP contribution in [0.4, 0.5) is 13.2 Å². The van der Waals surface area contributed by atoms with Crippen LogP contribution >= 0.6 is 0 Å². The zero-order valence-corrected chi connectivity index (χ0v) is 19.3. The third-order valence-electron chi connectivity index (χ3n) is 6.47. The molecule has 1 saturated heterocycles. The summed E-state index contributed by atoms with van der Waals surface area (Å²) in [5, 5.41) is 5.24. The van der Waals surface area contributed by atoms with E-state index in [0.29, 0.717) is 25.0 Å². The van der Waals surface area contributed by atoms with Gasteiger partial charge in [-0.05, 0) is 48.7 Å². The minimum absolute atomic E-state index is 0.0162. The summed E-state index contributed by atoms with van der Waals surface area (Å²) >= 11 is 0. The van der Waals surface area contributed by atoms with E-state index in [1.54, 1.807) is 7.11 Å². The Balaban J connectivity index is 1.19. The van der Waals surface area contributed by atoms with Crippen molar-refractivity contribution >= 4 is 11.8 Å². The summed E-state index contributed by atoms with van der Waals surface area (Å²) in [6, 6.07) is 12.5. The molecule has 0 aromatic heterocycles. The lowest BCUT2D eigenvalue weighted by Crippen LogP contribution is -2.62. The van der Waals surface area contributed by atoms with E-state index in [2.05, 4.69) is 39.8 Å². The molecule has 1 aliphatic carbocycles. The van der Waals surface area contributed by atoms with Gasteiger partial charge in [0.25, 0.3) is 5.91 Å². The van der Waals surface area contributed by atoms with Crippen LogP contribution < -0.4 is 15.4 Å². The van der Waals surface area contributed by atoms with Gasteiger partial charge in [0.05, 0.1) is 25.3 Å². The second-order valence-corrected chi connectivity index (χ2v) is 8.89. The molecular formula is C26H28F3N3O3. The first-order valence-corrected chi connectivity index (χ1v) is 11.5. The number of hydrogen-bond acceptors (Lipinski definition) is 4. The lowest BCUT2D eigenvalue weighted by Gasteiger charge is -2.45. The molecule has 1 fully saturated rings. The minimum atomic E-state index is -4.53. The fourth-order valence-corrected chi connectivity index (χ4v) is 4.51. The van der Waals surface area contributed by atoms with Crippen molar-refractivity contribution in [1.29, 1.82) is 0 Å². The number of alkyl halides is 3. The van der Waals surface area contributed by atoms with E-state index in [9.17, 15) is 22.8 Å². The van der Waals surface area contributed by atoms with Gasteiger partial charge in [-0.25, -0.2) is 0 Å². The highest BCUT2D eigenvalue weighted by Crippen LogP contribution is 2.32. The smallest absolute Gasteiger partial charge is 0.416 e. The Labute approximate surface area is 202 Å². The van der Waals surface area contributed by atoms with Crippen LogP contribution in [0.1, 0.15) is 40.2 Å². The molecule has 35 heavy (non-hydrogen) atoms. The summed E-state index contributed by atoms with van der Waals surface area (Å²) in [5.74, 6) is 0.121. The predicted octanol–water partition coefficient (Wildman–Crippen LogP) is 3.75. The molecule has 4 rings (SSSR count). The van der Waals surface area contributed by atoms with E-state index in [4.69, 9.17) is 4.74 Å². The Kier molecular flexibility index (Phi) is 7.45. The monoisotopic (exact) mass is 487 g/mol. The van der Waals surface area contributed by atoms with Crippen LogP contribution in [0.5, 0.6) is 5.75 Å². The lowest BCUT2D eigenvalue weighted by atomic mass is 9.85. The number of nitrogens with one attached hydrogen (secondary N) is 2. The van der Waals surface area contributed by atoms with E-state index >= 15 is 0 Å². The van der Waals surface area contributed by atoms with Gasteiger partial charge in [-0.15, -0.1) is 0 Å². The van der Waals surface area contributed by atoms with Gasteiger partial charge < -0.3 is 15.4 Å². The number of rotatable bonds is 7. The summed E-state index contributed by atoms with van der Waals surface area (Å²) in [6.07, 6.45) is 1.97. The van der Waals surface area contributed by atoms with Crippen molar-refractivity contribution in [2.24, 2.45) is 0 Å². The summed E-state index contributed by atoms with van der Waals surface area (Å²) in [7, 11) is 1.66. The van der Waals surface area contributed by atoms with Gasteiger partial charge in [-0.2, -0.15) is 13.2 Å². The van der Waals surface area contributed by atoms with Crippen molar-refractivity contribution in [3.63, 3.8) is 0 Å². The zero-order valence-electron chi connectivity index (χ0n) is 19.3. The molecule has 0 spiro atoms. The molecule has 0 saturated carbocycles. The third kappa shape index (κ3) is 6.22. The Morgan fingerprint density at radius 2 is 1.83 bits per heavy atom. The highest BCUT2D eigenvalue weighted by molar-refractivity contribution is 5.96. The van der Waals surface area contributed by atoms with E-state index < -0.39 is 17.6 Å². The molecule has 0 bridgehead atoms. The fraction of sp³-hybridized carbons (Fsp3) is 0.385. The van der Waals surface area contributed by atoms with Gasteiger partial charge in [0.1, 0.15) is 5.75 Å². The maximum Gasteiger partial charge on any atom is 0.416 e. The molecule has 2 aromatic carbocycles. The van der Waals surface area contributed by atoms with Crippen LogP contribution in [0.2, 0.25) is 0 Å². The number of methoxy groups -OCH3 is 1. The molecule has 6 nitrogen and oxygen atoms in total. The number of carbonyl (C=O) groups excluding carboxylic acids is 2. The number of ether oxygens (including phenoxy) is 1. The standard InChI is InChI=1S/C26H28F3N3O3/c1-35-23-7-3-4-18(13-23)17-8-10-22(11-9-17)32-15-21(16-32)31-24(33)14-30-25(34)19-5-2-6-20(12-19)26(27,28)29/h2-8,10,12-13,17,21-22H,9,11,14-16H2,1H3,(H,30,34)(H,31,33). The zero-order chi connectivity index (χ0) is 25.0. The summed E-state index contributed by atoms with van der Waals surface area (Å²) in [5.41, 5.74) is 0.189. The Morgan fingerprint density at radius 3 is 2.51 bits per heavy atom. The molecular weight excluding hydrogens is 459 g/mol. The molecule has 186 valence electrons. The number of amides is 2. The molecule has 0 radical (unpaired) electrons. The molecule has 2 aromatic rings. The number of benzene rings is 2. The molecule has 1 heterocycles. The van der Waals surface area contributed by atoms with Crippen LogP contribution in [-0.2, 0) is 11.0 Å². The van der Waals surface area contributed by atoms with Crippen molar-refractivity contribution < 1.29 is 27.5 Å². The van der Waals surface area contributed by atoms with E-state index in [1.807, 2.05) is 12.1 Å². The summed E-state index contributed by atoms with van der Waals surface area (Å²) in [6.45, 7) is 1.13. The van der Waals surface area contributed by atoms with Crippen molar-refractivity contribution in [1.82, 2.24) is 15.5 Å². The quantitative estimate of drug-likeness (QED) is 0.584. The van der Waals surface area contributed by atoms with Gasteiger partial charge in [0.2, 0.25) is 5.91 Å². The van der Waals surface area contributed by atoms with Gasteiger partial charge >= 0.3 is 6.18 Å². The maximum atomic E-state index is 12.8. The van der Waals surface area contributed by atoms with E-state index in [-0.39, 0.29) is 24.1 Å². The topological polar surface area (TPSA) is 70.7 Å². The van der Waals surface area contributed by atoms with Crippen LogP contribution in [-0.4, -0.2) is 55.5 Å². The first-order valence-electron chi connectivity index (χ1n) is 11.5. The maximum absolute atomic E-state index is 12.8. The first-order chi connectivity index (χ1) is 16.7. The average Bonchev–Trinajstić information content (AvgIpc) is 2.84. The van der Waals surface area contributed by atoms with E-state index in [1.165, 1.54) is 17.7 Å². The van der Waals surface area contributed by atoms with Crippen molar-refractivity contribution in [3.05, 3.63) is 77.4 Å². The summed E-state index contributed by atoms with van der Waals surface area (Å²) < 4.78 is 43.8. The van der Waals surface area contributed by atoms with Crippen molar-refractivity contribution in [3.8, 4) is 5.75 Å². The molecule has 2 aliphatic rings. The molecule has 2 unspecified atom stereocenters. The number of halogens is 3. The normalized spacial score (nSPS) is 20.7. The average molecular weight is 488 g/mol. The second kappa shape index (κ2) is 10.5. The predicted molar refractivity (Wildman–Crippen MR) is 125 cm³/mol. The van der Waals surface area contributed by atoms with Gasteiger partial charge in [0, 0.05) is 30.6 Å². The van der Waals surface area contributed by atoms with Gasteiger partial charge in [0.15, 0.2) is 0 Å². The number of nitrogens with zero attached hydrogens (tertiary/aromatic N) is 1. The largest absolute Gasteiger partial charge is 0.497 e. The molecule has 2 amide bonds. The lowest BCUT2D eigenvalue weighted by molar-refractivity contribution is -0.137. The third-order valence-corrected chi connectivity index (χ3v) is 6.47. The Bertz CT molecular complexity index is 1100. The molecule has 2 atom stereocenters. The highest BCUT2D eigenvalue weighted by Gasteiger charge is 2.34. The minimum Gasteiger partial charge on any atom is -0.497 e. The van der Waals surface area contributed by atoms with Crippen molar-refractivity contribution in [2.75, 3.05) is 26.7 Å². The number of allylic oxidation sites excluding steroid dienone is 1. The molecule has 9 heteroatoms. The number of hydrogen-bond donors (Lipinski definition) is 2. The van der Waals surface area contributed by atoms with Crippen LogP contribution in [0, 0.1) is 0 Å². The van der Waals surface area contributed by atoms with Crippen LogP contribution in [0.15, 0.2) is 60.7 Å². The Morgan fingerprint density at radius 1 is 1.06 bits per heavy atom. The summed E-state index contributed by atoms with van der Waals surface area (Å²) in [4.78, 5) is 26.6. The van der Waals surface area contributed by atoms with Crippen molar-refractivity contribution in [2.45, 2.75) is 37.0 Å². The van der Waals surface area contributed by atoms with E-state index in [0.717, 1.165) is 30.7 Å². The van der Waals surface area contributed by atoms with Gasteiger partial charge in [-0.3, -0.25) is 14.5 Å². The van der Waals surface area contributed by atoms with Crippen LogP contribution in [0.25, 0.3) is 0 Å². The first kappa shape index (κ1) is 24.8. The highest BCUT2D eigenvalue weighted by atomic mass is 19.4. The second-order valence-electron chi connectivity index (χ2n) is 8.89. The van der Waals surface area contributed by atoms with Crippen LogP contribution in [0.3, 0.4) is 0 Å². The fourth-order valence-electron chi connectivity index (χ4n) is 4.51. The Hall–Kier alpha value is -3.33. The SMILES string of the molecule is COc1cccc(C2C=CC(N3CC(NC(=O)CNC(=O)c4cccc(C(F)(F)F)c4)C3)CC2)c1. The molecule has 1 aliphatic heterocycles. The number of carbonyl (C=O) groups is 2. The number of likely N-dealkylation sites (tertiary alicyclic amines) is 1. The van der Waals surface area contributed by atoms with Gasteiger partial charge in [-0.1, -0.05) is 30.4 Å². The molecule has 2 N–H and O–H groups in total.